The van der Waals surface area contributed by atoms with Gasteiger partial charge in [0.1, 0.15) is 0 Å². The first-order chi connectivity index (χ1) is 12.7. The van der Waals surface area contributed by atoms with Crippen molar-refractivity contribution >= 4 is 11.6 Å². The zero-order valence-corrected chi connectivity index (χ0v) is 15.0. The van der Waals surface area contributed by atoms with Crippen molar-refractivity contribution < 1.29 is 4.79 Å². The number of amides is 1. The normalized spacial score (nSPS) is 13.1. The van der Waals surface area contributed by atoms with Crippen LogP contribution in [0.1, 0.15) is 23.6 Å². The Balaban J connectivity index is 1.57. The molecule has 0 unspecified atom stereocenters. The molecule has 0 bridgehead atoms. The van der Waals surface area contributed by atoms with Crippen molar-refractivity contribution in [1.82, 2.24) is 4.98 Å². The Kier molecular flexibility index (Phi) is 4.53. The first-order valence-electron chi connectivity index (χ1n) is 9.16. The van der Waals surface area contributed by atoms with E-state index < -0.39 is 0 Å². The number of aryl methyl sites for hydroxylation is 2. The Morgan fingerprint density at radius 2 is 1.73 bits per heavy atom. The molecule has 0 aliphatic carbocycles. The molecule has 1 aliphatic heterocycles. The van der Waals surface area contributed by atoms with Gasteiger partial charge in [-0.1, -0.05) is 42.5 Å². The fourth-order valence-corrected chi connectivity index (χ4v) is 3.60. The predicted octanol–water partition coefficient (Wildman–Crippen LogP) is 4.44. The molecule has 130 valence electrons. The SMILES string of the molecule is CCN1C(=O)Cc2ccc(-c3cncc(CCc4ccccc4)c3)cc21. The van der Waals surface area contributed by atoms with Gasteiger partial charge >= 0.3 is 0 Å². The van der Waals surface area contributed by atoms with Gasteiger partial charge in [-0.25, -0.2) is 0 Å². The van der Waals surface area contributed by atoms with E-state index in [0.717, 1.165) is 35.2 Å². The summed E-state index contributed by atoms with van der Waals surface area (Å²) in [6.45, 7) is 2.73. The van der Waals surface area contributed by atoms with Gasteiger partial charge in [-0.3, -0.25) is 9.78 Å². The monoisotopic (exact) mass is 342 g/mol. The van der Waals surface area contributed by atoms with Crippen molar-refractivity contribution in [2.75, 3.05) is 11.4 Å². The van der Waals surface area contributed by atoms with Gasteiger partial charge in [0.2, 0.25) is 5.91 Å². The lowest BCUT2D eigenvalue weighted by atomic mass is 10.0. The van der Waals surface area contributed by atoms with Crippen LogP contribution in [0.3, 0.4) is 0 Å². The Labute approximate surface area is 154 Å². The van der Waals surface area contributed by atoms with Gasteiger partial charge < -0.3 is 4.90 Å². The summed E-state index contributed by atoms with van der Waals surface area (Å²) in [5, 5.41) is 0. The van der Waals surface area contributed by atoms with Crippen molar-refractivity contribution in [2.24, 2.45) is 0 Å². The molecule has 2 heterocycles. The Morgan fingerprint density at radius 1 is 0.923 bits per heavy atom. The van der Waals surface area contributed by atoms with Crippen LogP contribution in [0.2, 0.25) is 0 Å². The van der Waals surface area contributed by atoms with E-state index in [9.17, 15) is 4.79 Å². The zero-order valence-electron chi connectivity index (χ0n) is 15.0. The van der Waals surface area contributed by atoms with E-state index in [-0.39, 0.29) is 5.91 Å². The summed E-state index contributed by atoms with van der Waals surface area (Å²) >= 11 is 0. The number of nitrogens with zero attached hydrogens (tertiary/aromatic N) is 2. The summed E-state index contributed by atoms with van der Waals surface area (Å²) < 4.78 is 0. The number of hydrogen-bond donors (Lipinski definition) is 0. The molecular weight excluding hydrogens is 320 g/mol. The van der Waals surface area contributed by atoms with Crippen LogP contribution in [-0.4, -0.2) is 17.4 Å². The molecule has 1 aromatic heterocycles. The van der Waals surface area contributed by atoms with Crippen molar-refractivity contribution in [1.29, 1.82) is 0 Å². The maximum Gasteiger partial charge on any atom is 0.231 e. The molecule has 2 aromatic carbocycles. The number of rotatable bonds is 5. The topological polar surface area (TPSA) is 33.2 Å². The van der Waals surface area contributed by atoms with Crippen LogP contribution in [0.15, 0.2) is 67.0 Å². The summed E-state index contributed by atoms with van der Waals surface area (Å²) in [6, 6.07) is 19.0. The second kappa shape index (κ2) is 7.12. The van der Waals surface area contributed by atoms with Crippen LogP contribution < -0.4 is 4.90 Å². The molecule has 0 saturated carbocycles. The second-order valence-electron chi connectivity index (χ2n) is 6.73. The molecule has 3 aromatic rings. The van der Waals surface area contributed by atoms with Crippen LogP contribution in [0.4, 0.5) is 5.69 Å². The highest BCUT2D eigenvalue weighted by Crippen LogP contribution is 2.33. The van der Waals surface area contributed by atoms with Gasteiger partial charge in [0.15, 0.2) is 0 Å². The van der Waals surface area contributed by atoms with Crippen molar-refractivity contribution in [3.63, 3.8) is 0 Å². The van der Waals surface area contributed by atoms with Gasteiger partial charge in [0.05, 0.1) is 6.42 Å². The maximum absolute atomic E-state index is 12.1. The third kappa shape index (κ3) is 3.25. The van der Waals surface area contributed by atoms with Crippen LogP contribution in [-0.2, 0) is 24.1 Å². The number of carbonyl (C=O) groups is 1. The third-order valence-electron chi connectivity index (χ3n) is 5.01. The average molecular weight is 342 g/mol. The lowest BCUT2D eigenvalue weighted by Gasteiger charge is -2.15. The molecule has 0 N–H and O–H groups in total. The fraction of sp³-hybridized carbons (Fsp3) is 0.217. The lowest BCUT2D eigenvalue weighted by Crippen LogP contribution is -2.25. The number of hydrogen-bond acceptors (Lipinski definition) is 2. The minimum Gasteiger partial charge on any atom is -0.312 e. The standard InChI is InChI=1S/C23H22N2O/c1-2-25-22-13-19(10-11-20(22)14-23(25)26)21-12-18(15-24-16-21)9-8-17-6-4-3-5-7-17/h3-7,10-13,15-16H,2,8-9,14H2,1H3. The number of fused-ring (bicyclic) bond motifs is 1. The summed E-state index contributed by atoms with van der Waals surface area (Å²) in [4.78, 5) is 18.4. The van der Waals surface area contributed by atoms with E-state index in [0.29, 0.717) is 13.0 Å². The Bertz CT molecular complexity index is 934. The Morgan fingerprint density at radius 3 is 2.54 bits per heavy atom. The molecule has 26 heavy (non-hydrogen) atoms. The highest BCUT2D eigenvalue weighted by Gasteiger charge is 2.26. The lowest BCUT2D eigenvalue weighted by molar-refractivity contribution is -0.117. The zero-order chi connectivity index (χ0) is 17.9. The van der Waals surface area contributed by atoms with Crippen molar-refractivity contribution in [3.05, 3.63) is 83.7 Å². The van der Waals surface area contributed by atoms with Crippen LogP contribution in [0.5, 0.6) is 0 Å². The van der Waals surface area contributed by atoms with E-state index in [1.807, 2.05) is 30.3 Å². The van der Waals surface area contributed by atoms with Gasteiger partial charge in [0, 0.05) is 30.2 Å². The smallest absolute Gasteiger partial charge is 0.231 e. The number of anilines is 1. The van der Waals surface area contributed by atoms with E-state index in [1.165, 1.54) is 11.1 Å². The molecule has 1 aliphatic rings. The molecule has 0 radical (unpaired) electrons. The number of likely N-dealkylation sites (N-methyl/N-ethyl adjacent to an activating group) is 1. The van der Waals surface area contributed by atoms with Gasteiger partial charge in [-0.2, -0.15) is 0 Å². The van der Waals surface area contributed by atoms with Gasteiger partial charge in [0.25, 0.3) is 0 Å². The predicted molar refractivity (Wildman–Crippen MR) is 105 cm³/mol. The summed E-state index contributed by atoms with van der Waals surface area (Å²) in [5.74, 6) is 0.189. The summed E-state index contributed by atoms with van der Waals surface area (Å²) in [7, 11) is 0. The number of carbonyl (C=O) groups excluding carboxylic acids is 1. The molecule has 0 spiro atoms. The highest BCUT2D eigenvalue weighted by atomic mass is 16.2. The molecule has 0 saturated heterocycles. The fourth-order valence-electron chi connectivity index (χ4n) is 3.60. The van der Waals surface area contributed by atoms with Crippen LogP contribution in [0, 0.1) is 0 Å². The quantitative estimate of drug-likeness (QED) is 0.687. The largest absolute Gasteiger partial charge is 0.312 e. The number of aromatic nitrogens is 1. The van der Waals surface area contributed by atoms with E-state index in [4.69, 9.17) is 0 Å². The van der Waals surface area contributed by atoms with Crippen molar-refractivity contribution in [2.45, 2.75) is 26.2 Å². The summed E-state index contributed by atoms with van der Waals surface area (Å²) in [6.07, 6.45) is 6.34. The molecule has 1 amide bonds. The molecule has 3 nitrogen and oxygen atoms in total. The Hall–Kier alpha value is -2.94. The second-order valence-corrected chi connectivity index (χ2v) is 6.73. The molecular formula is C23H22N2O. The summed E-state index contributed by atoms with van der Waals surface area (Å²) in [5.41, 5.74) is 6.96. The van der Waals surface area contributed by atoms with E-state index in [1.54, 1.807) is 0 Å². The van der Waals surface area contributed by atoms with Crippen LogP contribution >= 0.6 is 0 Å². The molecule has 0 fully saturated rings. The maximum atomic E-state index is 12.1. The van der Waals surface area contributed by atoms with E-state index >= 15 is 0 Å². The van der Waals surface area contributed by atoms with Gasteiger partial charge in [-0.05, 0) is 54.2 Å². The minimum atomic E-state index is 0.189. The first-order valence-corrected chi connectivity index (χ1v) is 9.16. The molecule has 3 heteroatoms. The van der Waals surface area contributed by atoms with E-state index in [2.05, 4.69) is 53.5 Å². The van der Waals surface area contributed by atoms with Crippen molar-refractivity contribution in [3.8, 4) is 11.1 Å². The highest BCUT2D eigenvalue weighted by molar-refractivity contribution is 6.02. The first kappa shape index (κ1) is 16.5. The number of pyridine rings is 1. The van der Waals surface area contributed by atoms with Crippen LogP contribution in [0.25, 0.3) is 11.1 Å². The third-order valence-corrected chi connectivity index (χ3v) is 5.01. The number of benzene rings is 2. The average Bonchev–Trinajstić information content (AvgIpc) is 3.01. The minimum absolute atomic E-state index is 0.189. The molecule has 4 rings (SSSR count). The van der Waals surface area contributed by atoms with Gasteiger partial charge in [-0.15, -0.1) is 0 Å². The molecule has 0 atom stereocenters.